The molecule has 2 amide bonds. The van der Waals surface area contributed by atoms with Crippen LogP contribution in [0.3, 0.4) is 0 Å². The van der Waals surface area contributed by atoms with Gasteiger partial charge in [0.1, 0.15) is 0 Å². The summed E-state index contributed by atoms with van der Waals surface area (Å²) < 4.78 is 0. The molecule has 0 N–H and O–H groups in total. The summed E-state index contributed by atoms with van der Waals surface area (Å²) in [5.41, 5.74) is 0. The summed E-state index contributed by atoms with van der Waals surface area (Å²) in [6, 6.07) is 0.458. The van der Waals surface area contributed by atoms with E-state index in [1.165, 1.54) is 12.8 Å². The minimum absolute atomic E-state index is 0.146. The van der Waals surface area contributed by atoms with Crippen molar-refractivity contribution in [2.45, 2.75) is 51.0 Å². The third kappa shape index (κ3) is 2.57. The van der Waals surface area contributed by atoms with E-state index in [1.807, 2.05) is 0 Å². The first kappa shape index (κ1) is 13.5. The van der Waals surface area contributed by atoms with Crippen molar-refractivity contribution in [2.75, 3.05) is 13.1 Å². The molecule has 0 aliphatic carbocycles. The molecule has 3 rings (SSSR count). The fourth-order valence-electron chi connectivity index (χ4n) is 3.43. The van der Waals surface area contributed by atoms with Crippen LogP contribution in [-0.2, 0) is 19.2 Å². The topological polar surface area (TPSA) is 66.9 Å². The second-order valence-corrected chi connectivity index (χ2v) is 5.90. The van der Waals surface area contributed by atoms with Crippen molar-refractivity contribution < 1.29 is 19.2 Å². The van der Waals surface area contributed by atoms with Gasteiger partial charge in [-0.25, -0.2) is 4.79 Å². The van der Waals surface area contributed by atoms with Gasteiger partial charge in [0.2, 0.25) is 0 Å². The molecule has 2 unspecified atom stereocenters. The maximum absolute atomic E-state index is 12.1. The number of nitrogens with zero attached hydrogens (tertiary/aromatic N) is 2. The Bertz CT molecular complexity index is 421. The molecule has 0 aromatic carbocycles. The zero-order valence-corrected chi connectivity index (χ0v) is 11.5. The fraction of sp³-hybridized carbons (Fsp3) is 0.786. The summed E-state index contributed by atoms with van der Waals surface area (Å²) in [7, 11) is 0. The lowest BCUT2D eigenvalue weighted by Crippen LogP contribution is -2.47. The number of amides is 2. The van der Waals surface area contributed by atoms with Crippen LogP contribution in [0, 0.1) is 5.92 Å². The Labute approximate surface area is 118 Å². The molecule has 0 spiro atoms. The van der Waals surface area contributed by atoms with Crippen LogP contribution < -0.4 is 0 Å². The number of fused-ring (bicyclic) bond motifs is 1. The summed E-state index contributed by atoms with van der Waals surface area (Å²) in [5.74, 6) is -1.41. The lowest BCUT2D eigenvalue weighted by Gasteiger charge is -2.41. The maximum atomic E-state index is 12.1. The van der Waals surface area contributed by atoms with Crippen LogP contribution in [-0.4, -0.2) is 46.9 Å². The Morgan fingerprint density at radius 1 is 1.05 bits per heavy atom. The molecule has 6 nitrogen and oxygen atoms in total. The van der Waals surface area contributed by atoms with E-state index in [-0.39, 0.29) is 18.8 Å². The van der Waals surface area contributed by atoms with Crippen molar-refractivity contribution in [1.82, 2.24) is 9.96 Å². The van der Waals surface area contributed by atoms with Crippen LogP contribution in [0.2, 0.25) is 0 Å². The van der Waals surface area contributed by atoms with Gasteiger partial charge >= 0.3 is 5.97 Å². The van der Waals surface area contributed by atoms with Crippen LogP contribution in [0.5, 0.6) is 0 Å². The van der Waals surface area contributed by atoms with Crippen molar-refractivity contribution in [1.29, 1.82) is 0 Å². The van der Waals surface area contributed by atoms with Gasteiger partial charge in [-0.3, -0.25) is 9.59 Å². The lowest BCUT2D eigenvalue weighted by atomic mass is 9.86. The van der Waals surface area contributed by atoms with E-state index in [0.29, 0.717) is 11.1 Å². The van der Waals surface area contributed by atoms with E-state index in [9.17, 15) is 14.4 Å². The molecule has 3 aliphatic heterocycles. The molecule has 0 radical (unpaired) electrons. The molecule has 2 atom stereocenters. The van der Waals surface area contributed by atoms with E-state index in [4.69, 9.17) is 4.84 Å². The minimum atomic E-state index is -0.418. The van der Waals surface area contributed by atoms with Gasteiger partial charge in [0.15, 0.2) is 0 Å². The fourth-order valence-corrected chi connectivity index (χ4v) is 3.43. The molecule has 0 saturated carbocycles. The van der Waals surface area contributed by atoms with E-state index < -0.39 is 17.8 Å². The Hall–Kier alpha value is -1.43. The van der Waals surface area contributed by atoms with E-state index in [1.54, 1.807) is 0 Å². The zero-order chi connectivity index (χ0) is 14.1. The highest BCUT2D eigenvalue weighted by atomic mass is 16.7. The largest absolute Gasteiger partial charge is 0.336 e. The number of piperidine rings is 2. The Kier molecular flexibility index (Phi) is 3.74. The Balaban J connectivity index is 1.57. The number of carbonyl (C=O) groups is 3. The number of carbonyl (C=O) groups excluding carboxylic acids is 3. The van der Waals surface area contributed by atoms with Gasteiger partial charge < -0.3 is 9.74 Å². The smallest absolute Gasteiger partial charge is 0.330 e. The van der Waals surface area contributed by atoms with Crippen molar-refractivity contribution in [3.05, 3.63) is 0 Å². The highest BCUT2D eigenvalue weighted by molar-refractivity contribution is 6.01. The van der Waals surface area contributed by atoms with Crippen molar-refractivity contribution in [3.8, 4) is 0 Å². The number of imide groups is 1. The molecule has 3 heterocycles. The number of rotatable bonds is 2. The summed E-state index contributed by atoms with van der Waals surface area (Å²) in [6.07, 6.45) is 5.42. The third-order valence-electron chi connectivity index (χ3n) is 4.59. The van der Waals surface area contributed by atoms with Crippen molar-refractivity contribution in [3.63, 3.8) is 0 Å². The van der Waals surface area contributed by atoms with E-state index in [0.717, 1.165) is 32.4 Å². The van der Waals surface area contributed by atoms with Gasteiger partial charge in [0.05, 0.1) is 5.92 Å². The highest BCUT2D eigenvalue weighted by Gasteiger charge is 2.38. The predicted molar refractivity (Wildman–Crippen MR) is 69.1 cm³/mol. The normalized spacial score (nSPS) is 31.3. The predicted octanol–water partition coefficient (Wildman–Crippen LogP) is 0.858. The summed E-state index contributed by atoms with van der Waals surface area (Å²) in [4.78, 5) is 42.5. The summed E-state index contributed by atoms with van der Waals surface area (Å²) in [6.45, 7) is 2.03. The van der Waals surface area contributed by atoms with Gasteiger partial charge in [-0.2, -0.15) is 0 Å². The van der Waals surface area contributed by atoms with Crippen LogP contribution >= 0.6 is 0 Å². The van der Waals surface area contributed by atoms with Crippen molar-refractivity contribution >= 4 is 17.8 Å². The maximum Gasteiger partial charge on any atom is 0.336 e. The van der Waals surface area contributed by atoms with Gasteiger partial charge in [-0.1, -0.05) is 6.42 Å². The standard InChI is InChI=1S/C14H20N2O4/c17-12-4-5-13(18)16(12)20-14(19)10-6-8-15-7-2-1-3-11(15)9-10/h10-11H,1-9H2. The van der Waals surface area contributed by atoms with Gasteiger partial charge in [-0.15, -0.1) is 5.06 Å². The molecule has 6 heteroatoms. The molecule has 0 bridgehead atoms. The Morgan fingerprint density at radius 3 is 2.55 bits per heavy atom. The minimum Gasteiger partial charge on any atom is -0.330 e. The molecule has 0 aromatic heterocycles. The first-order chi connectivity index (χ1) is 9.65. The molecule has 0 aromatic rings. The molecular weight excluding hydrogens is 260 g/mol. The van der Waals surface area contributed by atoms with Gasteiger partial charge in [-0.05, 0) is 38.8 Å². The lowest BCUT2D eigenvalue weighted by molar-refractivity contribution is -0.202. The number of hydrogen-bond acceptors (Lipinski definition) is 5. The Morgan fingerprint density at radius 2 is 1.80 bits per heavy atom. The molecule has 3 fully saturated rings. The number of hydrogen-bond donors (Lipinski definition) is 0. The molecule has 20 heavy (non-hydrogen) atoms. The first-order valence-electron chi connectivity index (χ1n) is 7.47. The molecule has 3 saturated heterocycles. The van der Waals surface area contributed by atoms with Crippen LogP contribution in [0.4, 0.5) is 0 Å². The molecule has 110 valence electrons. The second-order valence-electron chi connectivity index (χ2n) is 5.90. The van der Waals surface area contributed by atoms with E-state index >= 15 is 0 Å². The van der Waals surface area contributed by atoms with Crippen molar-refractivity contribution in [2.24, 2.45) is 5.92 Å². The molecule has 3 aliphatic rings. The average molecular weight is 280 g/mol. The van der Waals surface area contributed by atoms with Gasteiger partial charge in [0, 0.05) is 18.9 Å². The molecular formula is C14H20N2O4. The third-order valence-corrected chi connectivity index (χ3v) is 4.59. The second kappa shape index (κ2) is 5.52. The van der Waals surface area contributed by atoms with Crippen LogP contribution in [0.1, 0.15) is 44.9 Å². The summed E-state index contributed by atoms with van der Waals surface area (Å²) >= 11 is 0. The van der Waals surface area contributed by atoms with Gasteiger partial charge in [0.25, 0.3) is 11.8 Å². The van der Waals surface area contributed by atoms with Crippen LogP contribution in [0.15, 0.2) is 0 Å². The monoisotopic (exact) mass is 280 g/mol. The quantitative estimate of drug-likeness (QED) is 0.702. The zero-order valence-electron chi connectivity index (χ0n) is 11.5. The highest BCUT2D eigenvalue weighted by Crippen LogP contribution is 2.30. The number of hydroxylamine groups is 2. The van der Waals surface area contributed by atoms with E-state index in [2.05, 4.69) is 4.90 Å². The average Bonchev–Trinajstić information content (AvgIpc) is 2.78. The SMILES string of the molecule is O=C(ON1C(=O)CCC1=O)C1CCN2CCCCC2C1. The van der Waals surface area contributed by atoms with Crippen LogP contribution in [0.25, 0.3) is 0 Å². The first-order valence-corrected chi connectivity index (χ1v) is 7.47. The summed E-state index contributed by atoms with van der Waals surface area (Å²) in [5, 5.41) is 0.662.